The van der Waals surface area contributed by atoms with E-state index in [0.717, 1.165) is 12.1 Å². The highest BCUT2D eigenvalue weighted by Crippen LogP contribution is 2.23. The van der Waals surface area contributed by atoms with Gasteiger partial charge in [-0.3, -0.25) is 0 Å². The van der Waals surface area contributed by atoms with Crippen molar-refractivity contribution in [3.63, 3.8) is 0 Å². The fourth-order valence-corrected chi connectivity index (χ4v) is 2.97. The number of benzene rings is 1. The fourth-order valence-electron chi connectivity index (χ4n) is 1.41. The van der Waals surface area contributed by atoms with Crippen LogP contribution < -0.4 is 5.32 Å². The monoisotopic (exact) mass is 341 g/mol. The number of hydrogen-bond donors (Lipinski definition) is 1. The van der Waals surface area contributed by atoms with E-state index in [2.05, 4.69) is 21.2 Å². The summed E-state index contributed by atoms with van der Waals surface area (Å²) >= 11 is 2.86. The SMILES string of the molecule is CCCS(=O)(=O)CCNc1cc(F)c(Br)cc1F. The second kappa shape index (κ2) is 6.47. The molecule has 1 aromatic carbocycles. The van der Waals surface area contributed by atoms with E-state index < -0.39 is 21.5 Å². The first-order valence-corrected chi connectivity index (χ1v) is 8.06. The van der Waals surface area contributed by atoms with Gasteiger partial charge in [-0.05, 0) is 28.4 Å². The zero-order valence-electron chi connectivity index (χ0n) is 9.84. The highest BCUT2D eigenvalue weighted by molar-refractivity contribution is 9.10. The van der Waals surface area contributed by atoms with Crippen LogP contribution in [0.15, 0.2) is 16.6 Å². The number of rotatable bonds is 6. The van der Waals surface area contributed by atoms with E-state index in [1.807, 2.05) is 0 Å². The first-order chi connectivity index (χ1) is 8.35. The molecule has 102 valence electrons. The van der Waals surface area contributed by atoms with Gasteiger partial charge in [-0.25, -0.2) is 17.2 Å². The molecule has 3 nitrogen and oxygen atoms in total. The van der Waals surface area contributed by atoms with E-state index >= 15 is 0 Å². The van der Waals surface area contributed by atoms with Crippen molar-refractivity contribution < 1.29 is 17.2 Å². The molecule has 0 aliphatic rings. The number of halogens is 3. The standard InChI is InChI=1S/C11H14BrF2NO2S/c1-2-4-18(16,17)5-3-15-11-7-9(13)8(12)6-10(11)14/h6-7,15H,2-5H2,1H3. The van der Waals surface area contributed by atoms with Gasteiger partial charge in [-0.15, -0.1) is 0 Å². The maximum atomic E-state index is 13.4. The molecule has 0 heterocycles. The molecular formula is C11H14BrF2NO2S. The van der Waals surface area contributed by atoms with Crippen molar-refractivity contribution in [2.45, 2.75) is 13.3 Å². The van der Waals surface area contributed by atoms with Crippen LogP contribution in [0.2, 0.25) is 0 Å². The summed E-state index contributed by atoms with van der Waals surface area (Å²) in [5.41, 5.74) is -0.0394. The molecule has 0 unspecified atom stereocenters. The molecule has 0 aliphatic heterocycles. The van der Waals surface area contributed by atoms with Gasteiger partial charge in [0.05, 0.1) is 15.9 Å². The molecule has 0 bridgehead atoms. The average Bonchev–Trinajstić information content (AvgIpc) is 2.25. The maximum absolute atomic E-state index is 13.4. The van der Waals surface area contributed by atoms with Crippen LogP contribution in [0.3, 0.4) is 0 Å². The Balaban J connectivity index is 2.62. The lowest BCUT2D eigenvalue weighted by atomic mass is 10.3. The highest BCUT2D eigenvalue weighted by Gasteiger charge is 2.11. The normalized spacial score (nSPS) is 11.6. The predicted octanol–water partition coefficient (Wildman–Crippen LogP) is 2.96. The molecule has 1 aromatic rings. The Bertz CT molecular complexity index is 520. The Morgan fingerprint density at radius 3 is 2.50 bits per heavy atom. The van der Waals surface area contributed by atoms with Crippen molar-refractivity contribution in [3.05, 3.63) is 28.2 Å². The molecule has 18 heavy (non-hydrogen) atoms. The maximum Gasteiger partial charge on any atom is 0.152 e. The van der Waals surface area contributed by atoms with E-state index in [9.17, 15) is 17.2 Å². The van der Waals surface area contributed by atoms with Gasteiger partial charge in [0.2, 0.25) is 0 Å². The Kier molecular flexibility index (Phi) is 5.52. The molecule has 0 atom stereocenters. The fraction of sp³-hybridized carbons (Fsp3) is 0.455. The molecule has 1 N–H and O–H groups in total. The Labute approximate surface area is 114 Å². The van der Waals surface area contributed by atoms with E-state index in [0.29, 0.717) is 6.42 Å². The van der Waals surface area contributed by atoms with E-state index in [1.165, 1.54) is 0 Å². The zero-order valence-corrected chi connectivity index (χ0v) is 12.2. The predicted molar refractivity (Wildman–Crippen MR) is 71.5 cm³/mol. The molecule has 0 aliphatic carbocycles. The number of hydrogen-bond acceptors (Lipinski definition) is 3. The van der Waals surface area contributed by atoms with Crippen molar-refractivity contribution in [2.75, 3.05) is 23.4 Å². The van der Waals surface area contributed by atoms with Crippen molar-refractivity contribution in [1.82, 2.24) is 0 Å². The van der Waals surface area contributed by atoms with Crippen molar-refractivity contribution in [2.24, 2.45) is 0 Å². The van der Waals surface area contributed by atoms with Crippen LogP contribution in [-0.4, -0.2) is 26.5 Å². The number of anilines is 1. The summed E-state index contributed by atoms with van der Waals surface area (Å²) < 4.78 is 49.4. The molecular weight excluding hydrogens is 328 g/mol. The summed E-state index contributed by atoms with van der Waals surface area (Å²) in [5.74, 6) is -1.23. The van der Waals surface area contributed by atoms with Crippen LogP contribution in [0.4, 0.5) is 14.5 Å². The van der Waals surface area contributed by atoms with Gasteiger partial charge < -0.3 is 5.32 Å². The lowest BCUT2D eigenvalue weighted by Gasteiger charge is -2.08. The molecule has 0 fully saturated rings. The topological polar surface area (TPSA) is 46.2 Å². The van der Waals surface area contributed by atoms with Crippen LogP contribution in [0.5, 0.6) is 0 Å². The minimum absolute atomic E-state index is 0.0316. The number of sulfone groups is 1. The molecule has 0 radical (unpaired) electrons. The molecule has 0 saturated heterocycles. The zero-order chi connectivity index (χ0) is 13.8. The summed E-state index contributed by atoms with van der Waals surface area (Å²) in [6.07, 6.45) is 0.545. The van der Waals surface area contributed by atoms with Crippen molar-refractivity contribution in [1.29, 1.82) is 0 Å². The summed E-state index contributed by atoms with van der Waals surface area (Å²) in [7, 11) is -3.12. The van der Waals surface area contributed by atoms with Crippen LogP contribution in [0.1, 0.15) is 13.3 Å². The summed E-state index contributed by atoms with van der Waals surface area (Å²) in [5, 5.41) is 2.58. The van der Waals surface area contributed by atoms with Gasteiger partial charge in [0, 0.05) is 18.4 Å². The van der Waals surface area contributed by atoms with Crippen LogP contribution >= 0.6 is 15.9 Å². The molecule has 0 amide bonds. The van der Waals surface area contributed by atoms with Crippen LogP contribution in [-0.2, 0) is 9.84 Å². The van der Waals surface area contributed by atoms with E-state index in [4.69, 9.17) is 0 Å². The molecule has 7 heteroatoms. The van der Waals surface area contributed by atoms with E-state index in [-0.39, 0.29) is 28.2 Å². The first-order valence-electron chi connectivity index (χ1n) is 5.44. The molecule has 0 spiro atoms. The van der Waals surface area contributed by atoms with Gasteiger partial charge in [0.25, 0.3) is 0 Å². The van der Waals surface area contributed by atoms with Crippen molar-refractivity contribution in [3.8, 4) is 0 Å². The summed E-state index contributed by atoms with van der Waals surface area (Å²) in [6, 6.07) is 1.99. The quantitative estimate of drug-likeness (QED) is 0.809. The lowest BCUT2D eigenvalue weighted by molar-refractivity contribution is 0.593. The minimum Gasteiger partial charge on any atom is -0.382 e. The smallest absolute Gasteiger partial charge is 0.152 e. The Morgan fingerprint density at radius 2 is 1.89 bits per heavy atom. The second-order valence-electron chi connectivity index (χ2n) is 3.82. The average molecular weight is 342 g/mol. The van der Waals surface area contributed by atoms with Crippen LogP contribution in [0, 0.1) is 11.6 Å². The van der Waals surface area contributed by atoms with Crippen molar-refractivity contribution >= 4 is 31.5 Å². The lowest BCUT2D eigenvalue weighted by Crippen LogP contribution is -2.18. The molecule has 1 rings (SSSR count). The largest absolute Gasteiger partial charge is 0.382 e. The third-order valence-electron chi connectivity index (χ3n) is 2.25. The van der Waals surface area contributed by atoms with Crippen LogP contribution in [0.25, 0.3) is 0 Å². The Hall–Kier alpha value is -0.690. The second-order valence-corrected chi connectivity index (χ2v) is 6.98. The van der Waals surface area contributed by atoms with Gasteiger partial charge in [0.1, 0.15) is 11.6 Å². The van der Waals surface area contributed by atoms with Gasteiger partial charge in [-0.1, -0.05) is 6.92 Å². The highest BCUT2D eigenvalue weighted by atomic mass is 79.9. The Morgan fingerprint density at radius 1 is 1.22 bits per heavy atom. The summed E-state index contributed by atoms with van der Waals surface area (Å²) in [4.78, 5) is 0. The third kappa shape index (κ3) is 4.53. The summed E-state index contributed by atoms with van der Waals surface area (Å²) in [6.45, 7) is 1.83. The molecule has 0 aromatic heterocycles. The number of nitrogens with one attached hydrogen (secondary N) is 1. The van der Waals surface area contributed by atoms with Gasteiger partial charge >= 0.3 is 0 Å². The third-order valence-corrected chi connectivity index (χ3v) is 4.72. The van der Waals surface area contributed by atoms with Gasteiger partial charge in [-0.2, -0.15) is 0 Å². The minimum atomic E-state index is -3.12. The first kappa shape index (κ1) is 15.4. The molecule has 0 saturated carbocycles. The van der Waals surface area contributed by atoms with E-state index in [1.54, 1.807) is 6.92 Å². The van der Waals surface area contributed by atoms with Gasteiger partial charge in [0.15, 0.2) is 9.84 Å².